The molecule has 0 atom stereocenters. The van der Waals surface area contributed by atoms with Crippen LogP contribution in [0.15, 0.2) is 24.3 Å². The Hall–Kier alpha value is -1.26. The van der Waals surface area contributed by atoms with Crippen molar-refractivity contribution in [3.63, 3.8) is 0 Å². The van der Waals surface area contributed by atoms with Crippen LogP contribution < -0.4 is 10.1 Å². The third-order valence-electron chi connectivity index (χ3n) is 3.08. The summed E-state index contributed by atoms with van der Waals surface area (Å²) in [6.07, 6.45) is 1.01. The van der Waals surface area contributed by atoms with E-state index in [0.29, 0.717) is 0 Å². The van der Waals surface area contributed by atoms with E-state index >= 15 is 0 Å². The molecule has 1 saturated heterocycles. The molecule has 1 aliphatic heterocycles. The molecule has 1 aliphatic rings. The van der Waals surface area contributed by atoms with Crippen LogP contribution in [0.4, 0.5) is 0 Å². The number of carbonyl (C=O) groups is 1. The Balaban J connectivity index is 0.00000180. The van der Waals surface area contributed by atoms with Crippen molar-refractivity contribution < 1.29 is 9.53 Å². The quantitative estimate of drug-likeness (QED) is 0.917. The minimum Gasteiger partial charge on any atom is -0.484 e. The van der Waals surface area contributed by atoms with Crippen LogP contribution in [0.2, 0.25) is 0 Å². The summed E-state index contributed by atoms with van der Waals surface area (Å²) in [4.78, 5) is 13.8. The summed E-state index contributed by atoms with van der Waals surface area (Å²) in [5.41, 5.74) is 1.19. The number of carbonyl (C=O) groups excluding carboxylic acids is 1. The van der Waals surface area contributed by atoms with Gasteiger partial charge in [-0.1, -0.05) is 17.7 Å². The van der Waals surface area contributed by atoms with Crippen molar-refractivity contribution in [3.8, 4) is 5.75 Å². The van der Waals surface area contributed by atoms with Crippen LogP contribution in [0.5, 0.6) is 5.75 Å². The van der Waals surface area contributed by atoms with Crippen molar-refractivity contribution in [1.82, 2.24) is 10.2 Å². The van der Waals surface area contributed by atoms with Gasteiger partial charge < -0.3 is 15.0 Å². The van der Waals surface area contributed by atoms with Gasteiger partial charge in [-0.15, -0.1) is 12.4 Å². The SMILES string of the molecule is Cc1ccc(OCC(=O)N2CCCNCC2)cc1.Cl. The summed E-state index contributed by atoms with van der Waals surface area (Å²) in [6, 6.07) is 7.75. The van der Waals surface area contributed by atoms with Crippen LogP contribution in [0.1, 0.15) is 12.0 Å². The predicted octanol–water partition coefficient (Wildman–Crippen LogP) is 1.62. The Bertz CT molecular complexity index is 387. The molecule has 0 aliphatic carbocycles. The third kappa shape index (κ3) is 5.09. The highest BCUT2D eigenvalue weighted by molar-refractivity contribution is 5.85. The molecule has 1 aromatic carbocycles. The fourth-order valence-corrected chi connectivity index (χ4v) is 1.97. The van der Waals surface area contributed by atoms with Gasteiger partial charge in [0, 0.05) is 19.6 Å². The molecule has 0 unspecified atom stereocenters. The highest BCUT2D eigenvalue weighted by Gasteiger charge is 2.15. The maximum atomic E-state index is 12.0. The van der Waals surface area contributed by atoms with Gasteiger partial charge in [0.1, 0.15) is 5.75 Å². The van der Waals surface area contributed by atoms with Crippen molar-refractivity contribution in [2.24, 2.45) is 0 Å². The lowest BCUT2D eigenvalue weighted by Crippen LogP contribution is -2.37. The first kappa shape index (κ1) is 15.8. The Morgan fingerprint density at radius 3 is 2.74 bits per heavy atom. The fraction of sp³-hybridized carbons (Fsp3) is 0.500. The molecule has 5 heteroatoms. The molecule has 1 fully saturated rings. The largest absolute Gasteiger partial charge is 0.484 e. The minimum atomic E-state index is 0. The van der Waals surface area contributed by atoms with Crippen molar-refractivity contribution in [1.29, 1.82) is 0 Å². The van der Waals surface area contributed by atoms with E-state index < -0.39 is 0 Å². The first-order chi connectivity index (χ1) is 8.75. The zero-order chi connectivity index (χ0) is 12.8. The highest BCUT2D eigenvalue weighted by atomic mass is 35.5. The van der Waals surface area contributed by atoms with Gasteiger partial charge in [0.2, 0.25) is 0 Å². The number of amides is 1. The molecule has 106 valence electrons. The first-order valence-electron chi connectivity index (χ1n) is 6.44. The topological polar surface area (TPSA) is 41.6 Å². The number of hydrogen-bond donors (Lipinski definition) is 1. The van der Waals surface area contributed by atoms with E-state index in [0.717, 1.165) is 38.3 Å². The molecule has 0 radical (unpaired) electrons. The molecule has 0 bridgehead atoms. The number of benzene rings is 1. The van der Waals surface area contributed by atoms with Crippen molar-refractivity contribution in [2.45, 2.75) is 13.3 Å². The lowest BCUT2D eigenvalue weighted by Gasteiger charge is -2.19. The first-order valence-corrected chi connectivity index (χ1v) is 6.44. The summed E-state index contributed by atoms with van der Waals surface area (Å²) < 4.78 is 5.51. The minimum absolute atomic E-state index is 0. The van der Waals surface area contributed by atoms with Crippen LogP contribution in [0, 0.1) is 6.92 Å². The standard InChI is InChI=1S/C14H20N2O2.ClH/c1-12-3-5-13(6-4-12)18-11-14(17)16-9-2-7-15-8-10-16;/h3-6,15H,2,7-11H2,1H3;1H. The van der Waals surface area contributed by atoms with Crippen molar-refractivity contribution in [2.75, 3.05) is 32.8 Å². The summed E-state index contributed by atoms with van der Waals surface area (Å²) in [6.45, 7) is 5.61. The van der Waals surface area contributed by atoms with Crippen LogP contribution in [0.25, 0.3) is 0 Å². The van der Waals surface area contributed by atoms with E-state index in [9.17, 15) is 4.79 Å². The number of hydrogen-bond acceptors (Lipinski definition) is 3. The summed E-state index contributed by atoms with van der Waals surface area (Å²) >= 11 is 0. The van der Waals surface area contributed by atoms with Gasteiger partial charge in [0.05, 0.1) is 0 Å². The predicted molar refractivity (Wildman–Crippen MR) is 78.0 cm³/mol. The zero-order valence-corrected chi connectivity index (χ0v) is 12.0. The molecular formula is C14H21ClN2O2. The zero-order valence-electron chi connectivity index (χ0n) is 11.2. The average molecular weight is 285 g/mol. The van der Waals surface area contributed by atoms with Gasteiger partial charge in [-0.2, -0.15) is 0 Å². The number of aryl methyl sites for hydroxylation is 1. The van der Waals surface area contributed by atoms with Crippen molar-refractivity contribution >= 4 is 18.3 Å². The van der Waals surface area contributed by atoms with E-state index in [1.165, 1.54) is 5.56 Å². The third-order valence-corrected chi connectivity index (χ3v) is 3.08. The summed E-state index contributed by atoms with van der Waals surface area (Å²) in [7, 11) is 0. The molecular weight excluding hydrogens is 264 g/mol. The number of nitrogens with zero attached hydrogens (tertiary/aromatic N) is 1. The second-order valence-electron chi connectivity index (χ2n) is 4.59. The van der Waals surface area contributed by atoms with Gasteiger partial charge >= 0.3 is 0 Å². The Morgan fingerprint density at radius 1 is 1.26 bits per heavy atom. The Kier molecular flexibility index (Phi) is 6.67. The molecule has 0 spiro atoms. The van der Waals surface area contributed by atoms with Gasteiger partial charge in [-0.25, -0.2) is 0 Å². The number of rotatable bonds is 3. The molecule has 19 heavy (non-hydrogen) atoms. The average Bonchev–Trinajstić information content (AvgIpc) is 2.66. The van der Waals surface area contributed by atoms with Gasteiger partial charge in [-0.3, -0.25) is 4.79 Å². The Labute approximate surface area is 120 Å². The van der Waals surface area contributed by atoms with Crippen LogP contribution >= 0.6 is 12.4 Å². The number of halogens is 1. The van der Waals surface area contributed by atoms with Gasteiger partial charge in [-0.05, 0) is 32.0 Å². The van der Waals surface area contributed by atoms with E-state index in [4.69, 9.17) is 4.74 Å². The summed E-state index contributed by atoms with van der Waals surface area (Å²) in [5, 5.41) is 3.28. The summed E-state index contributed by atoms with van der Waals surface area (Å²) in [5.74, 6) is 0.821. The maximum Gasteiger partial charge on any atom is 0.260 e. The number of nitrogens with one attached hydrogen (secondary N) is 1. The fourth-order valence-electron chi connectivity index (χ4n) is 1.97. The van der Waals surface area contributed by atoms with Gasteiger partial charge in [0.25, 0.3) is 5.91 Å². The molecule has 2 rings (SSSR count). The highest BCUT2D eigenvalue weighted by Crippen LogP contribution is 2.11. The molecule has 1 aromatic rings. The smallest absolute Gasteiger partial charge is 0.260 e. The Morgan fingerprint density at radius 2 is 2.00 bits per heavy atom. The molecule has 1 heterocycles. The monoisotopic (exact) mass is 284 g/mol. The van der Waals surface area contributed by atoms with E-state index in [1.807, 2.05) is 36.1 Å². The molecule has 1 N–H and O–H groups in total. The van der Waals surface area contributed by atoms with E-state index in [1.54, 1.807) is 0 Å². The molecule has 0 aromatic heterocycles. The van der Waals surface area contributed by atoms with Crippen molar-refractivity contribution in [3.05, 3.63) is 29.8 Å². The molecule has 4 nitrogen and oxygen atoms in total. The van der Waals surface area contributed by atoms with Crippen LogP contribution in [-0.4, -0.2) is 43.6 Å². The van der Waals surface area contributed by atoms with E-state index in [2.05, 4.69) is 5.32 Å². The maximum absolute atomic E-state index is 12.0. The molecule has 0 saturated carbocycles. The van der Waals surface area contributed by atoms with Crippen LogP contribution in [0.3, 0.4) is 0 Å². The molecule has 1 amide bonds. The van der Waals surface area contributed by atoms with E-state index in [-0.39, 0.29) is 24.9 Å². The second kappa shape index (κ2) is 8.02. The van der Waals surface area contributed by atoms with Crippen LogP contribution in [-0.2, 0) is 4.79 Å². The lowest BCUT2D eigenvalue weighted by molar-refractivity contribution is -0.133. The lowest BCUT2D eigenvalue weighted by atomic mass is 10.2. The normalized spacial score (nSPS) is 15.3. The van der Waals surface area contributed by atoms with Gasteiger partial charge in [0.15, 0.2) is 6.61 Å². The number of ether oxygens (including phenoxy) is 1. The second-order valence-corrected chi connectivity index (χ2v) is 4.59.